The van der Waals surface area contributed by atoms with Gasteiger partial charge < -0.3 is 15.0 Å². The van der Waals surface area contributed by atoms with E-state index in [9.17, 15) is 9.59 Å². The Kier molecular flexibility index (Phi) is 4.51. The Morgan fingerprint density at radius 3 is 2.62 bits per heavy atom. The van der Waals surface area contributed by atoms with Crippen LogP contribution in [0.25, 0.3) is 0 Å². The Morgan fingerprint density at radius 2 is 1.88 bits per heavy atom. The normalized spacial score (nSPS) is 17.0. The van der Waals surface area contributed by atoms with Crippen molar-refractivity contribution in [3.05, 3.63) is 54.1 Å². The summed E-state index contributed by atoms with van der Waals surface area (Å²) in [5.41, 5.74) is 2.48. The van der Waals surface area contributed by atoms with Gasteiger partial charge in [-0.25, -0.2) is 0 Å². The molecule has 0 radical (unpaired) electrons. The van der Waals surface area contributed by atoms with Crippen LogP contribution in [-0.4, -0.2) is 25.5 Å². The molecule has 1 aliphatic rings. The molecule has 124 valence electrons. The molecule has 5 heteroatoms. The van der Waals surface area contributed by atoms with E-state index in [4.69, 9.17) is 4.74 Å². The zero-order chi connectivity index (χ0) is 17.1. The van der Waals surface area contributed by atoms with E-state index < -0.39 is 0 Å². The Hall–Kier alpha value is -2.82. The summed E-state index contributed by atoms with van der Waals surface area (Å²) in [6.45, 7) is 2.30. The van der Waals surface area contributed by atoms with E-state index in [2.05, 4.69) is 5.32 Å². The largest absolute Gasteiger partial charge is 0.495 e. The average molecular weight is 324 g/mol. The Bertz CT molecular complexity index is 773. The second kappa shape index (κ2) is 6.74. The van der Waals surface area contributed by atoms with Crippen molar-refractivity contribution in [2.45, 2.75) is 13.3 Å². The van der Waals surface area contributed by atoms with E-state index in [-0.39, 0.29) is 24.2 Å². The van der Waals surface area contributed by atoms with Crippen LogP contribution in [0.1, 0.15) is 12.0 Å². The van der Waals surface area contributed by atoms with Gasteiger partial charge in [-0.15, -0.1) is 0 Å². The van der Waals surface area contributed by atoms with E-state index in [0.29, 0.717) is 18.0 Å². The molecule has 2 aromatic rings. The maximum atomic E-state index is 12.5. The molecule has 0 bridgehead atoms. The Labute approximate surface area is 141 Å². The Balaban J connectivity index is 1.75. The summed E-state index contributed by atoms with van der Waals surface area (Å²) in [5, 5.41) is 2.92. The van der Waals surface area contributed by atoms with Crippen LogP contribution in [0, 0.1) is 12.8 Å². The number of amides is 2. The number of carbonyl (C=O) groups excluding carboxylic acids is 2. The van der Waals surface area contributed by atoms with Crippen molar-refractivity contribution in [1.82, 2.24) is 0 Å². The molecule has 1 unspecified atom stereocenters. The molecule has 24 heavy (non-hydrogen) atoms. The molecule has 1 fully saturated rings. The molecule has 1 aliphatic heterocycles. The van der Waals surface area contributed by atoms with Crippen LogP contribution in [0.3, 0.4) is 0 Å². The molecule has 0 aromatic heterocycles. The van der Waals surface area contributed by atoms with Crippen LogP contribution in [-0.2, 0) is 9.59 Å². The van der Waals surface area contributed by atoms with Crippen molar-refractivity contribution in [2.75, 3.05) is 23.9 Å². The van der Waals surface area contributed by atoms with Gasteiger partial charge in [0.05, 0.1) is 18.7 Å². The first-order chi connectivity index (χ1) is 11.6. The van der Waals surface area contributed by atoms with Gasteiger partial charge in [-0.3, -0.25) is 9.59 Å². The molecular formula is C19H20N2O3. The first kappa shape index (κ1) is 16.1. The molecular weight excluding hydrogens is 304 g/mol. The van der Waals surface area contributed by atoms with E-state index in [1.54, 1.807) is 12.0 Å². The zero-order valence-electron chi connectivity index (χ0n) is 13.8. The van der Waals surface area contributed by atoms with Crippen LogP contribution in [0.15, 0.2) is 48.5 Å². The van der Waals surface area contributed by atoms with E-state index in [0.717, 1.165) is 11.3 Å². The SMILES string of the molecule is COc1ccccc1N1CC(C(=O)Nc2ccccc2C)CC1=O. The van der Waals surface area contributed by atoms with Gasteiger partial charge in [0.15, 0.2) is 0 Å². The summed E-state index contributed by atoms with van der Waals surface area (Å²) < 4.78 is 5.32. The van der Waals surface area contributed by atoms with E-state index in [1.807, 2.05) is 55.5 Å². The molecule has 0 aliphatic carbocycles. The highest BCUT2D eigenvalue weighted by Crippen LogP contribution is 2.33. The quantitative estimate of drug-likeness (QED) is 0.940. The third-order valence-corrected chi connectivity index (χ3v) is 4.27. The summed E-state index contributed by atoms with van der Waals surface area (Å²) in [6, 6.07) is 15.0. The Morgan fingerprint density at radius 1 is 1.17 bits per heavy atom. The summed E-state index contributed by atoms with van der Waals surface area (Å²) >= 11 is 0. The third kappa shape index (κ3) is 3.11. The van der Waals surface area contributed by atoms with Gasteiger partial charge in [-0.05, 0) is 30.7 Å². The minimum absolute atomic E-state index is 0.0653. The predicted molar refractivity (Wildman–Crippen MR) is 93.3 cm³/mol. The summed E-state index contributed by atoms with van der Waals surface area (Å²) in [5.74, 6) is 0.0623. The molecule has 2 aromatic carbocycles. The minimum Gasteiger partial charge on any atom is -0.495 e. The first-order valence-corrected chi connectivity index (χ1v) is 7.90. The number of anilines is 2. The average Bonchev–Trinajstić information content (AvgIpc) is 2.98. The van der Waals surface area contributed by atoms with Gasteiger partial charge in [0.2, 0.25) is 11.8 Å². The van der Waals surface area contributed by atoms with Gasteiger partial charge in [0.25, 0.3) is 0 Å². The van der Waals surface area contributed by atoms with Gasteiger partial charge in [-0.1, -0.05) is 30.3 Å². The molecule has 2 amide bonds. The molecule has 3 rings (SSSR count). The van der Waals surface area contributed by atoms with Crippen LogP contribution >= 0.6 is 0 Å². The van der Waals surface area contributed by atoms with Crippen LogP contribution in [0.2, 0.25) is 0 Å². The first-order valence-electron chi connectivity index (χ1n) is 7.90. The van der Waals surface area contributed by atoms with Crippen LogP contribution in [0.5, 0.6) is 5.75 Å². The van der Waals surface area contributed by atoms with Gasteiger partial charge in [0.1, 0.15) is 5.75 Å². The lowest BCUT2D eigenvalue weighted by Crippen LogP contribution is -2.28. The van der Waals surface area contributed by atoms with Gasteiger partial charge in [-0.2, -0.15) is 0 Å². The summed E-state index contributed by atoms with van der Waals surface area (Å²) in [7, 11) is 1.57. The number of nitrogens with one attached hydrogen (secondary N) is 1. The minimum atomic E-state index is -0.373. The van der Waals surface area contributed by atoms with E-state index in [1.165, 1.54) is 0 Å². The third-order valence-electron chi connectivity index (χ3n) is 4.27. The second-order valence-electron chi connectivity index (χ2n) is 5.88. The number of aryl methyl sites for hydroxylation is 1. The molecule has 1 saturated heterocycles. The van der Waals surface area contributed by atoms with Crippen LogP contribution in [0.4, 0.5) is 11.4 Å². The topological polar surface area (TPSA) is 58.6 Å². The summed E-state index contributed by atoms with van der Waals surface area (Å²) in [6.07, 6.45) is 0.204. The van der Waals surface area contributed by atoms with Crippen molar-refractivity contribution in [1.29, 1.82) is 0 Å². The highest BCUT2D eigenvalue weighted by molar-refractivity contribution is 6.04. The molecule has 0 saturated carbocycles. The number of carbonyl (C=O) groups is 2. The molecule has 0 spiro atoms. The molecule has 5 nitrogen and oxygen atoms in total. The number of ether oxygens (including phenoxy) is 1. The standard InChI is InChI=1S/C19H20N2O3/c1-13-7-3-4-8-15(13)20-19(23)14-11-18(22)21(12-14)16-9-5-6-10-17(16)24-2/h3-10,14H,11-12H2,1-2H3,(H,20,23). The maximum Gasteiger partial charge on any atom is 0.229 e. The van der Waals surface area contributed by atoms with E-state index >= 15 is 0 Å². The highest BCUT2D eigenvalue weighted by atomic mass is 16.5. The highest BCUT2D eigenvalue weighted by Gasteiger charge is 2.36. The lowest BCUT2D eigenvalue weighted by Gasteiger charge is -2.19. The molecule has 1 N–H and O–H groups in total. The number of nitrogens with zero attached hydrogens (tertiary/aromatic N) is 1. The number of rotatable bonds is 4. The van der Waals surface area contributed by atoms with Crippen molar-refractivity contribution >= 4 is 23.2 Å². The fourth-order valence-corrected chi connectivity index (χ4v) is 2.92. The monoisotopic (exact) mass is 324 g/mol. The van der Waals surface area contributed by atoms with Gasteiger partial charge >= 0.3 is 0 Å². The zero-order valence-corrected chi connectivity index (χ0v) is 13.8. The van der Waals surface area contributed by atoms with Crippen LogP contribution < -0.4 is 15.0 Å². The van der Waals surface area contributed by atoms with Crippen molar-refractivity contribution in [2.24, 2.45) is 5.92 Å². The fraction of sp³-hybridized carbons (Fsp3) is 0.263. The predicted octanol–water partition coefficient (Wildman–Crippen LogP) is 3.00. The van der Waals surface area contributed by atoms with Crippen molar-refractivity contribution in [3.8, 4) is 5.75 Å². The fourth-order valence-electron chi connectivity index (χ4n) is 2.92. The number of hydrogen-bond donors (Lipinski definition) is 1. The number of para-hydroxylation sites is 3. The number of benzene rings is 2. The van der Waals surface area contributed by atoms with Crippen molar-refractivity contribution < 1.29 is 14.3 Å². The number of hydrogen-bond acceptors (Lipinski definition) is 3. The molecule has 1 atom stereocenters. The maximum absolute atomic E-state index is 12.5. The lowest BCUT2D eigenvalue weighted by molar-refractivity contribution is -0.122. The summed E-state index contributed by atoms with van der Waals surface area (Å²) in [4.78, 5) is 26.5. The smallest absolute Gasteiger partial charge is 0.229 e. The molecule has 1 heterocycles. The number of methoxy groups -OCH3 is 1. The second-order valence-corrected chi connectivity index (χ2v) is 5.88. The van der Waals surface area contributed by atoms with Gasteiger partial charge in [0, 0.05) is 18.7 Å². The van der Waals surface area contributed by atoms with Crippen molar-refractivity contribution in [3.63, 3.8) is 0 Å². The lowest BCUT2D eigenvalue weighted by atomic mass is 10.1.